The molecule has 0 bridgehead atoms. The topological polar surface area (TPSA) is 46.5 Å². The third kappa shape index (κ3) is 4.66. The Morgan fingerprint density at radius 1 is 1.12 bits per heavy atom. The number of rotatable bonds is 9. The molecule has 0 aliphatic carbocycles. The Morgan fingerprint density at radius 2 is 1.88 bits per heavy atom. The minimum Gasteiger partial charge on any atom is -0.494 e. The van der Waals surface area contributed by atoms with Gasteiger partial charge >= 0.3 is 5.97 Å². The number of hydrogen-bond donors (Lipinski definition) is 1. The van der Waals surface area contributed by atoms with E-state index in [1.165, 1.54) is 24.0 Å². The number of carboxylic acid groups (broad SMARTS) is 1. The van der Waals surface area contributed by atoms with Gasteiger partial charge in [-0.1, -0.05) is 51.8 Å². The van der Waals surface area contributed by atoms with Crippen LogP contribution < -0.4 is 4.74 Å². The van der Waals surface area contributed by atoms with Gasteiger partial charge < -0.3 is 9.84 Å². The highest BCUT2D eigenvalue weighted by atomic mass is 16.5. The Kier molecular flexibility index (Phi) is 7.26. The second-order valence-corrected chi connectivity index (χ2v) is 6.76. The highest BCUT2D eigenvalue weighted by Crippen LogP contribution is 2.35. The SMILES string of the molecule is CCCC[C@@H](C)c1cc(OCC)ccc1-c1ccc(C(=O)O)c(CC)c1. The van der Waals surface area contributed by atoms with E-state index in [1.807, 2.05) is 32.0 Å². The summed E-state index contributed by atoms with van der Waals surface area (Å²) in [5, 5.41) is 9.38. The molecule has 0 aliphatic heterocycles. The average molecular weight is 354 g/mol. The van der Waals surface area contributed by atoms with Gasteiger partial charge in [0.05, 0.1) is 12.2 Å². The molecule has 2 aromatic rings. The van der Waals surface area contributed by atoms with Crippen molar-refractivity contribution in [2.45, 2.75) is 59.3 Å². The van der Waals surface area contributed by atoms with Crippen molar-refractivity contribution in [1.82, 2.24) is 0 Å². The minimum absolute atomic E-state index is 0.391. The average Bonchev–Trinajstić information content (AvgIpc) is 2.65. The molecule has 0 amide bonds. The first-order valence-electron chi connectivity index (χ1n) is 9.65. The normalized spacial score (nSPS) is 12.0. The summed E-state index contributed by atoms with van der Waals surface area (Å²) in [4.78, 5) is 11.4. The fourth-order valence-electron chi connectivity index (χ4n) is 3.40. The second kappa shape index (κ2) is 9.42. The zero-order valence-corrected chi connectivity index (χ0v) is 16.3. The molecule has 0 saturated carbocycles. The number of benzene rings is 2. The quantitative estimate of drug-likeness (QED) is 0.574. The third-order valence-corrected chi connectivity index (χ3v) is 4.88. The second-order valence-electron chi connectivity index (χ2n) is 6.76. The lowest BCUT2D eigenvalue weighted by molar-refractivity contribution is 0.0695. The van der Waals surface area contributed by atoms with Gasteiger partial charge in [-0.2, -0.15) is 0 Å². The van der Waals surface area contributed by atoms with E-state index >= 15 is 0 Å². The fourth-order valence-corrected chi connectivity index (χ4v) is 3.40. The summed E-state index contributed by atoms with van der Waals surface area (Å²) < 4.78 is 5.71. The highest BCUT2D eigenvalue weighted by molar-refractivity contribution is 5.90. The standard InChI is InChI=1S/C23H30O3/c1-5-8-9-16(4)22-15-19(26-7-3)11-13-20(22)18-10-12-21(23(24)25)17(6-2)14-18/h10-16H,5-9H2,1-4H3,(H,24,25)/t16-/m1/s1. The smallest absolute Gasteiger partial charge is 0.335 e. The molecule has 0 radical (unpaired) electrons. The van der Waals surface area contributed by atoms with E-state index < -0.39 is 5.97 Å². The van der Waals surface area contributed by atoms with Crippen LogP contribution in [0.2, 0.25) is 0 Å². The minimum atomic E-state index is -0.864. The molecule has 1 atom stereocenters. The summed E-state index contributed by atoms with van der Waals surface area (Å²) in [5.74, 6) is 0.457. The largest absolute Gasteiger partial charge is 0.494 e. The Labute approximate surface area is 157 Å². The van der Waals surface area contributed by atoms with Gasteiger partial charge in [-0.25, -0.2) is 4.79 Å². The Hall–Kier alpha value is -2.29. The Bertz CT molecular complexity index is 749. The predicted octanol–water partition coefficient (Wildman–Crippen LogP) is 6.31. The molecule has 0 aliphatic rings. The zero-order valence-electron chi connectivity index (χ0n) is 16.3. The zero-order chi connectivity index (χ0) is 19.1. The first-order valence-corrected chi connectivity index (χ1v) is 9.65. The molecule has 2 rings (SSSR count). The summed E-state index contributed by atoms with van der Waals surface area (Å²) in [5.41, 5.74) is 4.78. The number of aromatic carboxylic acids is 1. The van der Waals surface area contributed by atoms with Crippen molar-refractivity contribution < 1.29 is 14.6 Å². The van der Waals surface area contributed by atoms with Crippen molar-refractivity contribution in [1.29, 1.82) is 0 Å². The molecule has 0 aromatic heterocycles. The highest BCUT2D eigenvalue weighted by Gasteiger charge is 2.16. The van der Waals surface area contributed by atoms with Gasteiger partial charge in [0, 0.05) is 0 Å². The molecule has 0 fully saturated rings. The molecule has 140 valence electrons. The monoisotopic (exact) mass is 354 g/mol. The van der Waals surface area contributed by atoms with Crippen molar-refractivity contribution in [3.05, 3.63) is 53.1 Å². The predicted molar refractivity (Wildman–Crippen MR) is 107 cm³/mol. The molecule has 0 unspecified atom stereocenters. The molecule has 26 heavy (non-hydrogen) atoms. The Morgan fingerprint density at radius 3 is 2.50 bits per heavy atom. The van der Waals surface area contributed by atoms with Gasteiger partial charge in [0.2, 0.25) is 0 Å². The van der Waals surface area contributed by atoms with Crippen LogP contribution in [0.15, 0.2) is 36.4 Å². The van der Waals surface area contributed by atoms with Crippen LogP contribution in [0.25, 0.3) is 11.1 Å². The van der Waals surface area contributed by atoms with Crippen LogP contribution in [-0.2, 0) is 6.42 Å². The molecule has 1 N–H and O–H groups in total. The Balaban J connectivity index is 2.51. The van der Waals surface area contributed by atoms with E-state index in [4.69, 9.17) is 4.74 Å². The lowest BCUT2D eigenvalue weighted by Gasteiger charge is -2.19. The van der Waals surface area contributed by atoms with E-state index in [-0.39, 0.29) is 0 Å². The van der Waals surface area contributed by atoms with E-state index in [9.17, 15) is 9.90 Å². The van der Waals surface area contributed by atoms with Crippen LogP contribution in [0.1, 0.15) is 74.4 Å². The van der Waals surface area contributed by atoms with Crippen LogP contribution in [0, 0.1) is 0 Å². The summed E-state index contributed by atoms with van der Waals surface area (Å²) in [7, 11) is 0. The molecule has 3 nitrogen and oxygen atoms in total. The van der Waals surface area contributed by atoms with Crippen molar-refractivity contribution >= 4 is 5.97 Å². The number of carbonyl (C=O) groups is 1. The molecule has 0 saturated heterocycles. The van der Waals surface area contributed by atoms with Gasteiger partial charge in [0.15, 0.2) is 0 Å². The van der Waals surface area contributed by atoms with Crippen molar-refractivity contribution in [3.8, 4) is 16.9 Å². The van der Waals surface area contributed by atoms with E-state index in [0.717, 1.165) is 23.3 Å². The first-order chi connectivity index (χ1) is 12.5. The van der Waals surface area contributed by atoms with Gasteiger partial charge in [-0.3, -0.25) is 0 Å². The van der Waals surface area contributed by atoms with Crippen LogP contribution in [0.3, 0.4) is 0 Å². The van der Waals surface area contributed by atoms with E-state index in [0.29, 0.717) is 24.5 Å². The molecule has 0 heterocycles. The number of aryl methyl sites for hydroxylation is 1. The van der Waals surface area contributed by atoms with Crippen molar-refractivity contribution in [2.24, 2.45) is 0 Å². The van der Waals surface area contributed by atoms with Crippen molar-refractivity contribution in [2.75, 3.05) is 6.61 Å². The summed E-state index contributed by atoms with van der Waals surface area (Å²) in [6.45, 7) is 9.11. The summed E-state index contributed by atoms with van der Waals surface area (Å²) in [6.07, 6.45) is 4.20. The van der Waals surface area contributed by atoms with E-state index in [1.54, 1.807) is 6.07 Å². The molecule has 3 heteroatoms. The summed E-state index contributed by atoms with van der Waals surface area (Å²) >= 11 is 0. The maximum absolute atomic E-state index is 11.4. The lowest BCUT2D eigenvalue weighted by Crippen LogP contribution is -2.03. The van der Waals surface area contributed by atoms with E-state index in [2.05, 4.69) is 26.0 Å². The number of ether oxygens (including phenoxy) is 1. The van der Waals surface area contributed by atoms with Gasteiger partial charge in [-0.05, 0) is 66.1 Å². The van der Waals surface area contributed by atoms with Crippen LogP contribution >= 0.6 is 0 Å². The van der Waals surface area contributed by atoms with Gasteiger partial charge in [0.25, 0.3) is 0 Å². The molecule has 2 aromatic carbocycles. The summed E-state index contributed by atoms with van der Waals surface area (Å²) in [6, 6.07) is 11.9. The number of unbranched alkanes of at least 4 members (excludes halogenated alkanes) is 1. The van der Waals surface area contributed by atoms with Crippen LogP contribution in [0.4, 0.5) is 0 Å². The lowest BCUT2D eigenvalue weighted by atomic mass is 9.87. The molecular weight excluding hydrogens is 324 g/mol. The molecular formula is C23H30O3. The van der Waals surface area contributed by atoms with Crippen LogP contribution in [0.5, 0.6) is 5.75 Å². The van der Waals surface area contributed by atoms with Crippen LogP contribution in [-0.4, -0.2) is 17.7 Å². The molecule has 0 spiro atoms. The van der Waals surface area contributed by atoms with Crippen molar-refractivity contribution in [3.63, 3.8) is 0 Å². The number of carboxylic acids is 1. The number of hydrogen-bond acceptors (Lipinski definition) is 2. The maximum atomic E-state index is 11.4. The van der Waals surface area contributed by atoms with Gasteiger partial charge in [-0.15, -0.1) is 0 Å². The fraction of sp³-hybridized carbons (Fsp3) is 0.435. The van der Waals surface area contributed by atoms with Gasteiger partial charge in [0.1, 0.15) is 5.75 Å². The first kappa shape index (κ1) is 20.0. The third-order valence-electron chi connectivity index (χ3n) is 4.88. The maximum Gasteiger partial charge on any atom is 0.335 e.